The van der Waals surface area contributed by atoms with Gasteiger partial charge in [0.05, 0.1) is 18.8 Å². The highest BCUT2D eigenvalue weighted by atomic mass is 19.4. The molecule has 4 atom stereocenters. The molecule has 0 aromatic carbocycles. The number of ether oxygens (including phenoxy) is 1. The molecule has 3 rings (SSSR count). The lowest BCUT2D eigenvalue weighted by Gasteiger charge is -2.31. The maximum atomic E-state index is 13.5. The van der Waals surface area contributed by atoms with Crippen LogP contribution in [0.4, 0.5) is 13.2 Å². The molecule has 1 aromatic heterocycles. The summed E-state index contributed by atoms with van der Waals surface area (Å²) in [5.74, 6) is 0.0184. The Balaban J connectivity index is 1.75. The first-order chi connectivity index (χ1) is 10.8. The first-order valence-corrected chi connectivity index (χ1v) is 8.05. The third kappa shape index (κ3) is 3.21. The van der Waals surface area contributed by atoms with Crippen LogP contribution in [0.1, 0.15) is 45.4 Å². The van der Waals surface area contributed by atoms with Gasteiger partial charge in [0.2, 0.25) is 5.82 Å². The lowest BCUT2D eigenvalue weighted by Crippen LogP contribution is -2.50. The van der Waals surface area contributed by atoms with Gasteiger partial charge >= 0.3 is 6.18 Å². The van der Waals surface area contributed by atoms with Crippen molar-refractivity contribution in [1.29, 1.82) is 0 Å². The van der Waals surface area contributed by atoms with Crippen LogP contribution in [-0.4, -0.2) is 45.1 Å². The summed E-state index contributed by atoms with van der Waals surface area (Å²) in [7, 11) is 0. The van der Waals surface area contributed by atoms with Crippen LogP contribution in [0.3, 0.4) is 0 Å². The highest BCUT2D eigenvalue weighted by molar-refractivity contribution is 5.11. The molecule has 2 aliphatic rings. The van der Waals surface area contributed by atoms with Crippen molar-refractivity contribution in [3.63, 3.8) is 0 Å². The topological polar surface area (TPSA) is 64.9 Å². The first-order valence-electron chi connectivity index (χ1n) is 8.05. The molecular formula is C14H22F3N5O. The van der Waals surface area contributed by atoms with Gasteiger partial charge in [-0.2, -0.15) is 18.0 Å². The number of hydrogen-bond donors (Lipinski definition) is 1. The largest absolute Gasteiger partial charge is 0.414 e. The molecule has 2 fully saturated rings. The van der Waals surface area contributed by atoms with E-state index >= 15 is 0 Å². The molecule has 0 saturated carbocycles. The number of tetrazole rings is 1. The average Bonchev–Trinajstić information content (AvgIpc) is 3.04. The Morgan fingerprint density at radius 1 is 1.30 bits per heavy atom. The van der Waals surface area contributed by atoms with Crippen molar-refractivity contribution in [2.75, 3.05) is 6.54 Å². The molecular weight excluding hydrogens is 311 g/mol. The molecule has 0 spiro atoms. The van der Waals surface area contributed by atoms with Gasteiger partial charge in [0.25, 0.3) is 0 Å². The fraction of sp³-hybridized carbons (Fsp3) is 0.929. The minimum absolute atomic E-state index is 0.0481. The molecule has 0 bridgehead atoms. The summed E-state index contributed by atoms with van der Waals surface area (Å²) in [5.41, 5.74) is -2.15. The standard InChI is InChI=1S/C14H22F3N5O/c1-9-6-11(7-10(2)23-9)8-22-20-12(19-21-22)13(14(15,16)17)4-3-5-18-13/h9-11,18H,3-8H2,1-2H3/t9-,10+,11?,13?. The molecule has 0 radical (unpaired) electrons. The Hall–Kier alpha value is -1.22. The predicted molar refractivity (Wildman–Crippen MR) is 75.5 cm³/mol. The number of alkyl halides is 3. The zero-order valence-corrected chi connectivity index (χ0v) is 13.3. The van der Waals surface area contributed by atoms with Crippen molar-refractivity contribution >= 4 is 0 Å². The van der Waals surface area contributed by atoms with Crippen molar-refractivity contribution in [1.82, 2.24) is 25.5 Å². The maximum Gasteiger partial charge on any atom is 0.414 e. The van der Waals surface area contributed by atoms with Gasteiger partial charge < -0.3 is 4.74 Å². The SMILES string of the molecule is C[C@@H]1CC(Cn2nnc(C3(C(F)(F)F)CCCN3)n2)C[C@H](C)O1. The Morgan fingerprint density at radius 3 is 2.57 bits per heavy atom. The number of halogens is 3. The lowest BCUT2D eigenvalue weighted by molar-refractivity contribution is -0.198. The van der Waals surface area contributed by atoms with Gasteiger partial charge in [0, 0.05) is 0 Å². The molecule has 2 aliphatic heterocycles. The Kier molecular flexibility index (Phi) is 4.35. The van der Waals surface area contributed by atoms with E-state index in [0.717, 1.165) is 12.8 Å². The Morgan fingerprint density at radius 2 is 2.00 bits per heavy atom. The van der Waals surface area contributed by atoms with Gasteiger partial charge in [-0.25, -0.2) is 0 Å². The minimum Gasteiger partial charge on any atom is -0.376 e. The molecule has 0 amide bonds. The number of aromatic nitrogens is 4. The van der Waals surface area contributed by atoms with Crippen molar-refractivity contribution in [2.45, 2.75) is 70.0 Å². The monoisotopic (exact) mass is 333 g/mol. The molecule has 1 aromatic rings. The summed E-state index contributed by atoms with van der Waals surface area (Å²) in [4.78, 5) is 1.30. The van der Waals surface area contributed by atoms with Crippen LogP contribution in [-0.2, 0) is 16.8 Å². The summed E-state index contributed by atoms with van der Waals surface area (Å²) < 4.78 is 46.1. The van der Waals surface area contributed by atoms with Crippen LogP contribution >= 0.6 is 0 Å². The average molecular weight is 333 g/mol. The zero-order chi connectivity index (χ0) is 16.7. The number of nitrogens with zero attached hydrogens (tertiary/aromatic N) is 4. The van der Waals surface area contributed by atoms with E-state index in [2.05, 4.69) is 20.7 Å². The number of nitrogens with one attached hydrogen (secondary N) is 1. The normalized spacial score (nSPS) is 35.6. The molecule has 130 valence electrons. The van der Waals surface area contributed by atoms with E-state index in [-0.39, 0.29) is 30.4 Å². The quantitative estimate of drug-likeness (QED) is 0.917. The molecule has 3 heterocycles. The fourth-order valence-corrected chi connectivity index (χ4v) is 3.72. The van der Waals surface area contributed by atoms with E-state index in [1.54, 1.807) is 0 Å². The highest BCUT2D eigenvalue weighted by Crippen LogP contribution is 2.43. The van der Waals surface area contributed by atoms with Crippen LogP contribution in [0.15, 0.2) is 0 Å². The highest BCUT2D eigenvalue weighted by Gasteiger charge is 2.60. The number of rotatable bonds is 3. The van der Waals surface area contributed by atoms with Crippen LogP contribution in [0, 0.1) is 5.92 Å². The van der Waals surface area contributed by atoms with Crippen molar-refractivity contribution < 1.29 is 17.9 Å². The molecule has 9 heteroatoms. The van der Waals surface area contributed by atoms with Crippen LogP contribution in [0.25, 0.3) is 0 Å². The summed E-state index contributed by atoms with van der Waals surface area (Å²) in [6.45, 7) is 4.79. The predicted octanol–water partition coefficient (Wildman–Crippen LogP) is 2.02. The lowest BCUT2D eigenvalue weighted by atomic mass is 9.93. The minimum atomic E-state index is -4.43. The van der Waals surface area contributed by atoms with Gasteiger partial charge in [-0.15, -0.1) is 10.2 Å². The van der Waals surface area contributed by atoms with Gasteiger partial charge in [0.15, 0.2) is 5.54 Å². The Bertz CT molecular complexity index is 531. The van der Waals surface area contributed by atoms with Gasteiger partial charge in [-0.3, -0.25) is 5.32 Å². The van der Waals surface area contributed by atoms with Gasteiger partial charge in [0.1, 0.15) is 0 Å². The van der Waals surface area contributed by atoms with E-state index in [1.165, 1.54) is 4.80 Å². The summed E-state index contributed by atoms with van der Waals surface area (Å²) in [6.07, 6.45) is -2.04. The van der Waals surface area contributed by atoms with E-state index in [0.29, 0.717) is 19.5 Å². The van der Waals surface area contributed by atoms with Crippen LogP contribution < -0.4 is 5.32 Å². The fourth-order valence-electron chi connectivity index (χ4n) is 3.72. The van der Waals surface area contributed by atoms with Gasteiger partial charge in [-0.05, 0) is 57.2 Å². The summed E-state index contributed by atoms with van der Waals surface area (Å²) in [5, 5.41) is 14.1. The van der Waals surface area contributed by atoms with Crippen molar-refractivity contribution in [2.24, 2.45) is 5.92 Å². The van der Waals surface area contributed by atoms with Gasteiger partial charge in [-0.1, -0.05) is 0 Å². The van der Waals surface area contributed by atoms with Crippen molar-refractivity contribution in [3.8, 4) is 0 Å². The molecule has 2 saturated heterocycles. The third-order valence-electron chi connectivity index (χ3n) is 4.69. The second kappa shape index (κ2) is 6.01. The summed E-state index contributed by atoms with van der Waals surface area (Å²) >= 11 is 0. The maximum absolute atomic E-state index is 13.5. The van der Waals surface area contributed by atoms with E-state index in [4.69, 9.17) is 4.74 Å². The number of hydrogen-bond acceptors (Lipinski definition) is 5. The molecule has 23 heavy (non-hydrogen) atoms. The molecule has 0 aliphatic carbocycles. The smallest absolute Gasteiger partial charge is 0.376 e. The first kappa shape index (κ1) is 16.6. The zero-order valence-electron chi connectivity index (χ0n) is 13.3. The van der Waals surface area contributed by atoms with Crippen LogP contribution in [0.5, 0.6) is 0 Å². The Labute approximate surface area is 132 Å². The second-order valence-electron chi connectivity index (χ2n) is 6.70. The van der Waals surface area contributed by atoms with Crippen LogP contribution in [0.2, 0.25) is 0 Å². The summed E-state index contributed by atoms with van der Waals surface area (Å²) in [6, 6.07) is 0. The molecule has 1 N–H and O–H groups in total. The van der Waals surface area contributed by atoms with E-state index in [9.17, 15) is 13.2 Å². The molecule has 2 unspecified atom stereocenters. The third-order valence-corrected chi connectivity index (χ3v) is 4.69. The van der Waals surface area contributed by atoms with E-state index < -0.39 is 11.7 Å². The van der Waals surface area contributed by atoms with Crippen molar-refractivity contribution in [3.05, 3.63) is 5.82 Å². The second-order valence-corrected chi connectivity index (χ2v) is 6.70. The van der Waals surface area contributed by atoms with E-state index in [1.807, 2.05) is 13.8 Å². The molecule has 6 nitrogen and oxygen atoms in total.